The number of hydrogen-bond donors (Lipinski definition) is 6. The van der Waals surface area contributed by atoms with Crippen molar-refractivity contribution in [2.45, 2.75) is 77.0 Å². The van der Waals surface area contributed by atoms with Gasteiger partial charge in [-0.1, -0.05) is 60.7 Å². The van der Waals surface area contributed by atoms with E-state index in [4.69, 9.17) is 11.5 Å². The van der Waals surface area contributed by atoms with Gasteiger partial charge in [0.1, 0.15) is 12.4 Å². The maximum absolute atomic E-state index is 11.4. The second-order valence-electron chi connectivity index (χ2n) is 15.4. The predicted molar refractivity (Wildman–Crippen MR) is 230 cm³/mol. The van der Waals surface area contributed by atoms with Crippen LogP contribution in [0.25, 0.3) is 0 Å². The Balaban J connectivity index is 0.000000221. The summed E-state index contributed by atoms with van der Waals surface area (Å²) >= 11 is 0. The van der Waals surface area contributed by atoms with Crippen LogP contribution < -0.4 is 32.7 Å². The fraction of sp³-hybridized carbons (Fsp3) is 0.524. The van der Waals surface area contributed by atoms with E-state index in [9.17, 15) is 20.2 Å². The molecule has 2 aromatic heterocycles. The number of rotatable bonds is 20. The Morgan fingerprint density at radius 1 is 0.552 bits per heavy atom. The first-order valence-corrected chi connectivity index (χ1v) is 20.8. The van der Waals surface area contributed by atoms with Crippen LogP contribution in [0.1, 0.15) is 75.3 Å². The molecular weight excluding hydrogens is 737 g/mol. The number of nitro groups is 2. The van der Waals surface area contributed by atoms with Crippen molar-refractivity contribution in [1.82, 2.24) is 19.9 Å². The largest absolute Gasteiger partial charge is 0.364 e. The minimum absolute atomic E-state index is 0.0831. The fourth-order valence-electron chi connectivity index (χ4n) is 7.54. The number of benzene rings is 2. The molecule has 0 amide bonds. The van der Waals surface area contributed by atoms with E-state index >= 15 is 0 Å². The zero-order valence-electron chi connectivity index (χ0n) is 33.4. The normalized spacial score (nSPS) is 18.9. The standard InChI is InChI=1S/C22H32N6O2.C20H28N6O2/c23-14-18-9-11-19(12-10-18)15-25-21-20(28(29)30)16-26-22(27-21)24-13-5-4-8-17-6-2-1-3-7-17;21-12-16-6-8-17(9-7-16)13-23-19-18(26(27)28)14-24-20(25-19)22-11-10-15-4-2-1-3-5-15/h1-3,6-7,16,18-19H,4-5,8-15,23H2,(H2,24,25,26,27);1-5,14,16-17H,6-13,21H2,(H2,22,23,24,25). The van der Waals surface area contributed by atoms with Crippen molar-refractivity contribution < 1.29 is 9.85 Å². The Bertz CT molecular complexity index is 1820. The molecule has 4 aromatic rings. The van der Waals surface area contributed by atoms with Gasteiger partial charge in [0, 0.05) is 26.2 Å². The summed E-state index contributed by atoms with van der Waals surface area (Å²) in [5, 5.41) is 35.4. The minimum Gasteiger partial charge on any atom is -0.364 e. The molecule has 0 bridgehead atoms. The van der Waals surface area contributed by atoms with E-state index < -0.39 is 9.85 Å². The average Bonchev–Trinajstić information content (AvgIpc) is 3.26. The molecular formula is C42H60N12O4. The van der Waals surface area contributed by atoms with Crippen molar-refractivity contribution in [1.29, 1.82) is 0 Å². The number of unbranched alkanes of at least 4 members (excludes halogenated alkanes) is 1. The van der Waals surface area contributed by atoms with Crippen molar-refractivity contribution in [2.24, 2.45) is 35.1 Å². The van der Waals surface area contributed by atoms with Gasteiger partial charge in [-0.15, -0.1) is 0 Å². The lowest BCUT2D eigenvalue weighted by molar-refractivity contribution is -0.384. The van der Waals surface area contributed by atoms with Gasteiger partial charge in [-0.3, -0.25) is 20.2 Å². The van der Waals surface area contributed by atoms with Crippen LogP contribution in [0.15, 0.2) is 73.1 Å². The Kier molecular flexibility index (Phi) is 17.8. The van der Waals surface area contributed by atoms with Crippen LogP contribution in [0.2, 0.25) is 0 Å². The number of nitrogens with two attached hydrogens (primary N) is 2. The molecule has 0 spiro atoms. The topological polar surface area (TPSA) is 238 Å². The Morgan fingerprint density at radius 2 is 0.966 bits per heavy atom. The lowest BCUT2D eigenvalue weighted by Gasteiger charge is -2.27. The second-order valence-corrected chi connectivity index (χ2v) is 15.4. The van der Waals surface area contributed by atoms with E-state index in [1.54, 1.807) is 0 Å². The lowest BCUT2D eigenvalue weighted by Crippen LogP contribution is -2.25. The van der Waals surface area contributed by atoms with Crippen LogP contribution in [-0.4, -0.2) is 69.1 Å². The summed E-state index contributed by atoms with van der Waals surface area (Å²) < 4.78 is 0. The monoisotopic (exact) mass is 796 g/mol. The van der Waals surface area contributed by atoms with Gasteiger partial charge < -0.3 is 32.7 Å². The molecule has 0 unspecified atom stereocenters. The average molecular weight is 797 g/mol. The van der Waals surface area contributed by atoms with Crippen LogP contribution in [0, 0.1) is 43.9 Å². The van der Waals surface area contributed by atoms with Gasteiger partial charge in [0.25, 0.3) is 0 Å². The van der Waals surface area contributed by atoms with Gasteiger partial charge in [-0.05, 0) is 125 Å². The summed E-state index contributed by atoms with van der Waals surface area (Å²) in [6.07, 6.45) is 15.3. The van der Waals surface area contributed by atoms with Crippen molar-refractivity contribution in [3.05, 3.63) is 104 Å². The maximum Gasteiger partial charge on any atom is 0.329 e. The molecule has 2 saturated carbocycles. The molecule has 16 nitrogen and oxygen atoms in total. The third-order valence-corrected chi connectivity index (χ3v) is 11.2. The maximum atomic E-state index is 11.4. The molecule has 8 N–H and O–H groups in total. The Labute approximate surface area is 341 Å². The van der Waals surface area contributed by atoms with Gasteiger partial charge in [-0.25, -0.2) is 9.97 Å². The highest BCUT2D eigenvalue weighted by atomic mass is 16.6. The highest BCUT2D eigenvalue weighted by Crippen LogP contribution is 2.31. The molecule has 0 aliphatic heterocycles. The molecule has 6 rings (SSSR count). The molecule has 0 atom stereocenters. The minimum atomic E-state index is -0.443. The van der Waals surface area contributed by atoms with Crippen molar-refractivity contribution >= 4 is 34.9 Å². The third kappa shape index (κ3) is 14.5. The van der Waals surface area contributed by atoms with Gasteiger partial charge in [-0.2, -0.15) is 9.97 Å². The lowest BCUT2D eigenvalue weighted by atomic mass is 9.82. The summed E-state index contributed by atoms with van der Waals surface area (Å²) in [5.74, 6) is 3.62. The molecule has 16 heteroatoms. The quantitative estimate of drug-likeness (QED) is 0.0294. The zero-order valence-corrected chi connectivity index (χ0v) is 33.4. The van der Waals surface area contributed by atoms with E-state index in [2.05, 4.69) is 77.6 Å². The smallest absolute Gasteiger partial charge is 0.329 e. The van der Waals surface area contributed by atoms with Crippen LogP contribution >= 0.6 is 0 Å². The molecule has 58 heavy (non-hydrogen) atoms. The molecule has 2 heterocycles. The van der Waals surface area contributed by atoms with E-state index in [1.807, 2.05) is 24.3 Å². The fourth-order valence-corrected chi connectivity index (χ4v) is 7.54. The van der Waals surface area contributed by atoms with Crippen LogP contribution in [0.5, 0.6) is 0 Å². The zero-order chi connectivity index (χ0) is 41.0. The number of hydrogen-bond acceptors (Lipinski definition) is 14. The SMILES string of the molecule is NCC1CCC(CNc2nc(NCCCCc3ccccc3)ncc2[N+](=O)[O-])CC1.NCC1CCC(CNc2nc(NCCc3ccccc3)ncc2[N+](=O)[O-])CC1. The Morgan fingerprint density at radius 3 is 1.40 bits per heavy atom. The first kappa shape index (κ1) is 43.6. The first-order chi connectivity index (χ1) is 28.3. The van der Waals surface area contributed by atoms with Gasteiger partial charge in [0.15, 0.2) is 0 Å². The summed E-state index contributed by atoms with van der Waals surface area (Å²) in [6, 6.07) is 20.5. The van der Waals surface area contributed by atoms with Crippen LogP contribution in [-0.2, 0) is 12.8 Å². The number of aromatic nitrogens is 4. The number of nitrogens with one attached hydrogen (secondary N) is 4. The van der Waals surface area contributed by atoms with Gasteiger partial charge >= 0.3 is 11.4 Å². The summed E-state index contributed by atoms with van der Waals surface area (Å²) in [4.78, 5) is 38.7. The van der Waals surface area contributed by atoms with Gasteiger partial charge in [0.2, 0.25) is 23.5 Å². The molecule has 0 radical (unpaired) electrons. The van der Waals surface area contributed by atoms with Crippen molar-refractivity contribution in [2.75, 3.05) is 60.5 Å². The number of nitrogens with zero attached hydrogens (tertiary/aromatic N) is 6. The first-order valence-electron chi connectivity index (χ1n) is 20.8. The Hall–Kier alpha value is -5.48. The van der Waals surface area contributed by atoms with Crippen molar-refractivity contribution in [3.63, 3.8) is 0 Å². The molecule has 0 saturated heterocycles. The highest BCUT2D eigenvalue weighted by molar-refractivity contribution is 5.57. The van der Waals surface area contributed by atoms with Crippen molar-refractivity contribution in [3.8, 4) is 0 Å². The number of aryl methyl sites for hydroxylation is 1. The molecule has 312 valence electrons. The van der Waals surface area contributed by atoms with Crippen LogP contribution in [0.4, 0.5) is 34.9 Å². The van der Waals surface area contributed by atoms with E-state index in [0.717, 1.165) is 96.7 Å². The number of anilines is 4. The van der Waals surface area contributed by atoms with E-state index in [1.165, 1.54) is 23.5 Å². The predicted octanol–water partition coefficient (Wildman–Crippen LogP) is 7.21. The van der Waals surface area contributed by atoms with E-state index in [0.29, 0.717) is 61.0 Å². The molecule has 2 aromatic carbocycles. The molecule has 2 aliphatic rings. The summed E-state index contributed by atoms with van der Waals surface area (Å²) in [6.45, 7) is 4.25. The third-order valence-electron chi connectivity index (χ3n) is 11.2. The van der Waals surface area contributed by atoms with Gasteiger partial charge in [0.05, 0.1) is 9.85 Å². The highest BCUT2D eigenvalue weighted by Gasteiger charge is 2.24. The summed E-state index contributed by atoms with van der Waals surface area (Å²) in [5.41, 5.74) is 13.9. The van der Waals surface area contributed by atoms with E-state index in [-0.39, 0.29) is 17.2 Å². The molecule has 2 fully saturated rings. The van der Waals surface area contributed by atoms with Crippen LogP contribution in [0.3, 0.4) is 0 Å². The molecule has 2 aliphatic carbocycles. The summed E-state index contributed by atoms with van der Waals surface area (Å²) in [7, 11) is 0. The second kappa shape index (κ2) is 23.7.